The Morgan fingerprint density at radius 2 is 2.32 bits per heavy atom. The van der Waals surface area contributed by atoms with Crippen LogP contribution in [0.4, 0.5) is 0 Å². The zero-order chi connectivity index (χ0) is 13.1. The number of hydrogen-bond donors (Lipinski definition) is 0. The highest BCUT2D eigenvalue weighted by atomic mass is 16.4. The molecule has 0 N–H and O–H groups in total. The van der Waals surface area contributed by atoms with E-state index in [2.05, 4.69) is 22.0 Å². The summed E-state index contributed by atoms with van der Waals surface area (Å²) >= 11 is 0. The van der Waals surface area contributed by atoms with Gasteiger partial charge < -0.3 is 8.83 Å². The van der Waals surface area contributed by atoms with Crippen LogP contribution < -0.4 is 0 Å². The molecule has 5 heteroatoms. The van der Waals surface area contributed by atoms with E-state index in [0.29, 0.717) is 23.6 Å². The van der Waals surface area contributed by atoms with Crippen LogP contribution in [0.1, 0.15) is 38.5 Å². The fraction of sp³-hybridized carbons (Fsp3) is 0.571. The SMILES string of the molecule is CCC1CCCCN1Cc1nnc(-c2ccco2)o1. The van der Waals surface area contributed by atoms with E-state index in [1.165, 1.54) is 25.7 Å². The Morgan fingerprint density at radius 3 is 3.11 bits per heavy atom. The van der Waals surface area contributed by atoms with Crippen molar-refractivity contribution in [2.24, 2.45) is 0 Å². The van der Waals surface area contributed by atoms with Gasteiger partial charge in [0.1, 0.15) is 0 Å². The summed E-state index contributed by atoms with van der Waals surface area (Å²) < 4.78 is 10.9. The summed E-state index contributed by atoms with van der Waals surface area (Å²) in [5, 5.41) is 8.15. The highest BCUT2D eigenvalue weighted by Gasteiger charge is 2.23. The molecule has 1 aliphatic rings. The summed E-state index contributed by atoms with van der Waals surface area (Å²) in [6, 6.07) is 4.29. The Labute approximate surface area is 112 Å². The molecule has 0 radical (unpaired) electrons. The van der Waals surface area contributed by atoms with Gasteiger partial charge in [0, 0.05) is 6.04 Å². The molecule has 1 aliphatic heterocycles. The molecular formula is C14H19N3O2. The minimum atomic E-state index is 0.463. The van der Waals surface area contributed by atoms with E-state index in [1.54, 1.807) is 6.26 Å². The molecule has 2 aromatic rings. The quantitative estimate of drug-likeness (QED) is 0.846. The lowest BCUT2D eigenvalue weighted by Gasteiger charge is -2.33. The fourth-order valence-electron chi connectivity index (χ4n) is 2.72. The van der Waals surface area contributed by atoms with Crippen LogP contribution in [0.3, 0.4) is 0 Å². The van der Waals surface area contributed by atoms with Crippen LogP contribution in [-0.2, 0) is 6.54 Å². The number of hydrogen-bond acceptors (Lipinski definition) is 5. The third-order valence-corrected chi connectivity index (χ3v) is 3.76. The first-order valence-electron chi connectivity index (χ1n) is 6.97. The predicted octanol–water partition coefficient (Wildman–Crippen LogP) is 3.09. The fourth-order valence-corrected chi connectivity index (χ4v) is 2.72. The second-order valence-corrected chi connectivity index (χ2v) is 5.01. The van der Waals surface area contributed by atoms with Crippen LogP contribution in [0.2, 0.25) is 0 Å². The van der Waals surface area contributed by atoms with E-state index < -0.39 is 0 Å². The molecule has 0 aliphatic carbocycles. The average molecular weight is 261 g/mol. The smallest absolute Gasteiger partial charge is 0.283 e. The molecule has 1 saturated heterocycles. The Bertz CT molecular complexity index is 507. The minimum Gasteiger partial charge on any atom is -0.459 e. The van der Waals surface area contributed by atoms with Crippen molar-refractivity contribution in [2.75, 3.05) is 6.54 Å². The van der Waals surface area contributed by atoms with Gasteiger partial charge in [-0.1, -0.05) is 13.3 Å². The standard InChI is InChI=1S/C14H19N3O2/c1-2-11-6-3-4-8-17(11)10-13-15-16-14(19-13)12-7-5-9-18-12/h5,7,9,11H,2-4,6,8,10H2,1H3. The summed E-state index contributed by atoms with van der Waals surface area (Å²) in [5.41, 5.74) is 0. The summed E-state index contributed by atoms with van der Waals surface area (Å²) in [7, 11) is 0. The van der Waals surface area contributed by atoms with Crippen molar-refractivity contribution in [3.63, 3.8) is 0 Å². The van der Waals surface area contributed by atoms with Gasteiger partial charge >= 0.3 is 0 Å². The van der Waals surface area contributed by atoms with Crippen molar-refractivity contribution >= 4 is 0 Å². The Balaban J connectivity index is 1.69. The number of rotatable bonds is 4. The first-order valence-corrected chi connectivity index (χ1v) is 6.97. The number of nitrogens with zero attached hydrogens (tertiary/aromatic N) is 3. The highest BCUT2D eigenvalue weighted by molar-refractivity contribution is 5.42. The molecule has 102 valence electrons. The van der Waals surface area contributed by atoms with Crippen LogP contribution in [0.25, 0.3) is 11.7 Å². The Hall–Kier alpha value is -1.62. The zero-order valence-electron chi connectivity index (χ0n) is 11.2. The van der Waals surface area contributed by atoms with Crippen molar-refractivity contribution in [3.05, 3.63) is 24.3 Å². The van der Waals surface area contributed by atoms with Gasteiger partial charge in [0.15, 0.2) is 5.76 Å². The maximum Gasteiger partial charge on any atom is 0.283 e. The van der Waals surface area contributed by atoms with E-state index in [1.807, 2.05) is 12.1 Å². The molecule has 0 aromatic carbocycles. The number of likely N-dealkylation sites (tertiary alicyclic amines) is 1. The minimum absolute atomic E-state index is 0.463. The van der Waals surface area contributed by atoms with Crippen LogP contribution in [0.15, 0.2) is 27.2 Å². The Kier molecular flexibility index (Phi) is 3.64. The van der Waals surface area contributed by atoms with Gasteiger partial charge in [-0.25, -0.2) is 0 Å². The topological polar surface area (TPSA) is 55.3 Å². The Morgan fingerprint density at radius 1 is 1.37 bits per heavy atom. The zero-order valence-corrected chi connectivity index (χ0v) is 11.2. The van der Waals surface area contributed by atoms with Gasteiger partial charge in [-0.3, -0.25) is 4.90 Å². The second kappa shape index (κ2) is 5.57. The van der Waals surface area contributed by atoms with Gasteiger partial charge in [-0.05, 0) is 37.9 Å². The molecule has 5 nitrogen and oxygen atoms in total. The summed E-state index contributed by atoms with van der Waals surface area (Å²) in [6.45, 7) is 4.11. The average Bonchev–Trinajstić information content (AvgIpc) is 3.09. The van der Waals surface area contributed by atoms with Crippen molar-refractivity contribution in [1.29, 1.82) is 0 Å². The van der Waals surface area contributed by atoms with Crippen molar-refractivity contribution in [1.82, 2.24) is 15.1 Å². The van der Waals surface area contributed by atoms with E-state index in [0.717, 1.165) is 13.1 Å². The number of aromatic nitrogens is 2. The summed E-state index contributed by atoms with van der Waals surface area (Å²) in [5.74, 6) is 1.77. The maximum atomic E-state index is 5.67. The number of furan rings is 1. The monoisotopic (exact) mass is 261 g/mol. The molecule has 2 aromatic heterocycles. The van der Waals surface area contributed by atoms with Gasteiger partial charge in [0.05, 0.1) is 12.8 Å². The predicted molar refractivity (Wildman–Crippen MR) is 70.3 cm³/mol. The molecule has 0 spiro atoms. The van der Waals surface area contributed by atoms with E-state index in [-0.39, 0.29) is 0 Å². The van der Waals surface area contributed by atoms with E-state index in [9.17, 15) is 0 Å². The molecule has 1 fully saturated rings. The van der Waals surface area contributed by atoms with Gasteiger partial charge in [-0.2, -0.15) is 0 Å². The summed E-state index contributed by atoms with van der Waals surface area (Å²) in [6.07, 6.45) is 6.65. The third-order valence-electron chi connectivity index (χ3n) is 3.76. The van der Waals surface area contributed by atoms with Crippen molar-refractivity contribution in [3.8, 4) is 11.7 Å². The normalized spacial score (nSPS) is 20.8. The molecule has 3 rings (SSSR count). The lowest BCUT2D eigenvalue weighted by molar-refractivity contribution is 0.124. The molecular weight excluding hydrogens is 242 g/mol. The maximum absolute atomic E-state index is 5.67. The molecule has 3 heterocycles. The van der Waals surface area contributed by atoms with Crippen LogP contribution in [0.5, 0.6) is 0 Å². The molecule has 0 amide bonds. The molecule has 0 bridgehead atoms. The van der Waals surface area contributed by atoms with E-state index >= 15 is 0 Å². The lowest BCUT2D eigenvalue weighted by Crippen LogP contribution is -2.38. The van der Waals surface area contributed by atoms with Crippen molar-refractivity contribution < 1.29 is 8.83 Å². The lowest BCUT2D eigenvalue weighted by atomic mass is 10.0. The van der Waals surface area contributed by atoms with Crippen LogP contribution >= 0.6 is 0 Å². The number of piperidine rings is 1. The van der Waals surface area contributed by atoms with E-state index in [4.69, 9.17) is 8.83 Å². The molecule has 1 unspecified atom stereocenters. The van der Waals surface area contributed by atoms with Crippen LogP contribution in [-0.4, -0.2) is 27.7 Å². The highest BCUT2D eigenvalue weighted by Crippen LogP contribution is 2.23. The van der Waals surface area contributed by atoms with Crippen LogP contribution in [0, 0.1) is 0 Å². The second-order valence-electron chi connectivity index (χ2n) is 5.01. The third kappa shape index (κ3) is 2.71. The summed E-state index contributed by atoms with van der Waals surface area (Å²) in [4.78, 5) is 2.45. The van der Waals surface area contributed by atoms with Gasteiger partial charge in [0.25, 0.3) is 5.89 Å². The first-order chi connectivity index (χ1) is 9.36. The van der Waals surface area contributed by atoms with Crippen molar-refractivity contribution in [2.45, 2.75) is 45.2 Å². The molecule has 1 atom stereocenters. The first kappa shape index (κ1) is 12.4. The molecule has 0 saturated carbocycles. The van der Waals surface area contributed by atoms with Gasteiger partial charge in [0.2, 0.25) is 5.89 Å². The largest absolute Gasteiger partial charge is 0.459 e. The molecule has 19 heavy (non-hydrogen) atoms. The van der Waals surface area contributed by atoms with Gasteiger partial charge in [-0.15, -0.1) is 10.2 Å².